The number of carbonyl (C=O) groups excluding carboxylic acids is 3. The highest BCUT2D eigenvalue weighted by molar-refractivity contribution is 5.83. The third-order valence-electron chi connectivity index (χ3n) is 9.82. The Balaban J connectivity index is 1.83. The van der Waals surface area contributed by atoms with Crippen molar-refractivity contribution in [3.8, 4) is 11.1 Å². The maximum atomic E-state index is 13.9. The van der Waals surface area contributed by atoms with Crippen molar-refractivity contribution in [1.29, 1.82) is 0 Å². The van der Waals surface area contributed by atoms with Gasteiger partial charge in [-0.05, 0) is 42.4 Å². The Labute approximate surface area is 334 Å². The van der Waals surface area contributed by atoms with Gasteiger partial charge in [0.25, 0.3) is 0 Å². The van der Waals surface area contributed by atoms with Crippen LogP contribution in [0.4, 0.5) is 0 Å². The topological polar surface area (TPSA) is 238 Å². The van der Waals surface area contributed by atoms with Crippen LogP contribution >= 0.6 is 0 Å². The van der Waals surface area contributed by atoms with Crippen molar-refractivity contribution in [2.45, 2.75) is 57.3 Å². The van der Waals surface area contributed by atoms with Gasteiger partial charge in [0.05, 0.1) is 31.7 Å². The molecule has 2 amide bonds. The first-order valence-corrected chi connectivity index (χ1v) is 19.6. The van der Waals surface area contributed by atoms with E-state index in [4.69, 9.17) is 5.73 Å². The molecule has 1 heterocycles. The number of nitrogens with two attached hydrogens (primary N) is 1. The van der Waals surface area contributed by atoms with E-state index in [9.17, 15) is 44.1 Å². The summed E-state index contributed by atoms with van der Waals surface area (Å²) in [6, 6.07) is 16.0. The summed E-state index contributed by atoms with van der Waals surface area (Å²) < 4.78 is 0. The summed E-state index contributed by atoms with van der Waals surface area (Å²) >= 11 is 0. The zero-order valence-electron chi connectivity index (χ0n) is 32.9. The number of amides is 2. The number of rotatable bonds is 22. The van der Waals surface area contributed by atoms with Crippen molar-refractivity contribution in [2.75, 3.05) is 85.1 Å². The van der Waals surface area contributed by atoms with Crippen LogP contribution in [-0.4, -0.2) is 174 Å². The highest BCUT2D eigenvalue weighted by Gasteiger charge is 2.28. The van der Waals surface area contributed by atoms with E-state index in [0.717, 1.165) is 29.5 Å². The maximum Gasteiger partial charge on any atom is 0.317 e. The van der Waals surface area contributed by atoms with E-state index < -0.39 is 36.2 Å². The van der Waals surface area contributed by atoms with Gasteiger partial charge < -0.3 is 36.5 Å². The van der Waals surface area contributed by atoms with E-state index in [2.05, 4.69) is 16.0 Å². The Kier molecular flexibility index (Phi) is 20.8. The van der Waals surface area contributed by atoms with Gasteiger partial charge in [0.15, 0.2) is 6.29 Å². The first-order valence-electron chi connectivity index (χ1n) is 19.6. The molecule has 0 aliphatic carbocycles. The van der Waals surface area contributed by atoms with Crippen LogP contribution in [0.15, 0.2) is 54.6 Å². The van der Waals surface area contributed by atoms with Gasteiger partial charge in [-0.1, -0.05) is 67.9 Å². The zero-order valence-corrected chi connectivity index (χ0v) is 32.9. The van der Waals surface area contributed by atoms with Gasteiger partial charge in [-0.15, -0.1) is 0 Å². The summed E-state index contributed by atoms with van der Waals surface area (Å²) in [7, 11) is 0. The van der Waals surface area contributed by atoms with Crippen molar-refractivity contribution >= 4 is 36.0 Å². The van der Waals surface area contributed by atoms with E-state index in [0.29, 0.717) is 25.7 Å². The second kappa shape index (κ2) is 25.5. The second-order valence-electron chi connectivity index (χ2n) is 14.3. The van der Waals surface area contributed by atoms with Gasteiger partial charge in [0.2, 0.25) is 11.8 Å². The Morgan fingerprint density at radius 3 is 1.65 bits per heavy atom. The lowest BCUT2D eigenvalue weighted by atomic mass is 10.00. The molecule has 0 spiro atoms. The Hall–Kier alpha value is -4.78. The molecular weight excluding hydrogens is 736 g/mol. The minimum Gasteiger partial charge on any atom is -0.480 e. The van der Waals surface area contributed by atoms with Crippen LogP contribution < -0.4 is 21.7 Å². The van der Waals surface area contributed by atoms with Crippen LogP contribution in [0.5, 0.6) is 0 Å². The van der Waals surface area contributed by atoms with Crippen LogP contribution in [0.2, 0.25) is 0 Å². The predicted octanol–water partition coefficient (Wildman–Crippen LogP) is -0.00530. The van der Waals surface area contributed by atoms with Gasteiger partial charge in [0, 0.05) is 65.4 Å². The van der Waals surface area contributed by atoms with Gasteiger partial charge in [-0.2, -0.15) is 0 Å². The van der Waals surface area contributed by atoms with Gasteiger partial charge in [-0.25, -0.2) is 0 Å². The van der Waals surface area contributed by atoms with E-state index in [1.54, 1.807) is 19.6 Å². The standard InChI is InChI=1S/C40H60N8O9/c1-2-3-15-42-39(56)33(41)10-7-16-43-40(57)34(25-30-11-13-32(14-12-30)31-8-5-4-6-9-31)44-35(29-49)48-23-21-46(27-37(52)53)19-17-45(26-36(50)51)18-20-47(22-24-48)28-38(54)55/h4-6,8-9,11-14,29,33-35,44H,2-3,7,10,15-28,41H2,1H3,(H,42,56)(H,43,57)(H,50,51)(H,52,53)(H,54,55)/t33-,34-,35?/m1/s1. The molecule has 1 fully saturated rings. The highest BCUT2D eigenvalue weighted by Crippen LogP contribution is 2.20. The van der Waals surface area contributed by atoms with Crippen LogP contribution in [0.3, 0.4) is 0 Å². The fraction of sp³-hybridized carbons (Fsp3) is 0.550. The quantitative estimate of drug-likeness (QED) is 0.0613. The van der Waals surface area contributed by atoms with Crippen molar-refractivity contribution in [2.24, 2.45) is 5.73 Å². The molecule has 0 bridgehead atoms. The lowest BCUT2D eigenvalue weighted by molar-refractivity contribution is -0.140. The number of carbonyl (C=O) groups is 6. The smallest absolute Gasteiger partial charge is 0.317 e. The number of unbranched alkanes of at least 4 members (excludes halogenated alkanes) is 1. The molecule has 1 aliphatic rings. The van der Waals surface area contributed by atoms with Crippen molar-refractivity contribution in [3.05, 3.63) is 60.2 Å². The number of hydrogen-bond donors (Lipinski definition) is 7. The summed E-state index contributed by atoms with van der Waals surface area (Å²) in [6.45, 7) is 3.57. The summed E-state index contributed by atoms with van der Waals surface area (Å²) in [5.74, 6) is -3.80. The number of benzene rings is 2. The minimum atomic E-state index is -1.07. The Morgan fingerprint density at radius 2 is 1.16 bits per heavy atom. The first kappa shape index (κ1) is 46.6. The number of nitrogens with zero attached hydrogens (tertiary/aromatic N) is 4. The van der Waals surface area contributed by atoms with Gasteiger partial charge >= 0.3 is 17.9 Å². The normalized spacial score (nSPS) is 16.9. The monoisotopic (exact) mass is 796 g/mol. The molecule has 17 heteroatoms. The minimum absolute atomic E-state index is 0.182. The van der Waals surface area contributed by atoms with Gasteiger partial charge in [0.1, 0.15) is 6.17 Å². The number of carboxylic acid groups (broad SMARTS) is 3. The molecule has 1 saturated heterocycles. The van der Waals surface area contributed by atoms with E-state index in [1.165, 1.54) is 0 Å². The molecule has 8 N–H and O–H groups in total. The average Bonchev–Trinajstić information content (AvgIpc) is 3.18. The van der Waals surface area contributed by atoms with E-state index >= 15 is 0 Å². The van der Waals surface area contributed by atoms with Crippen molar-refractivity contribution < 1.29 is 44.1 Å². The lowest BCUT2D eigenvalue weighted by Crippen LogP contribution is -2.58. The van der Waals surface area contributed by atoms with Crippen molar-refractivity contribution in [1.82, 2.24) is 35.6 Å². The van der Waals surface area contributed by atoms with Crippen LogP contribution in [-0.2, 0) is 35.2 Å². The SMILES string of the molecule is CCCCNC(=O)[C@H](N)CCCNC(=O)[C@@H](Cc1ccc(-c2ccccc2)cc1)NC(C=O)N1CCN(CC(=O)O)CCN(CC(=O)O)CCN(CC(=O)O)CC1. The molecule has 17 nitrogen and oxygen atoms in total. The summed E-state index contributed by atoms with van der Waals surface area (Å²) in [6.07, 6.45) is 2.47. The molecular formula is C40H60N8O9. The number of carboxylic acids is 3. The molecule has 314 valence electrons. The average molecular weight is 797 g/mol. The maximum absolute atomic E-state index is 13.9. The zero-order chi connectivity index (χ0) is 41.6. The molecule has 0 radical (unpaired) electrons. The summed E-state index contributed by atoms with van der Waals surface area (Å²) in [5, 5.41) is 37.7. The molecule has 57 heavy (non-hydrogen) atoms. The Morgan fingerprint density at radius 1 is 0.684 bits per heavy atom. The molecule has 3 atom stereocenters. The van der Waals surface area contributed by atoms with E-state index in [-0.39, 0.29) is 96.8 Å². The van der Waals surface area contributed by atoms with Crippen LogP contribution in [0.1, 0.15) is 38.2 Å². The van der Waals surface area contributed by atoms with Crippen molar-refractivity contribution in [3.63, 3.8) is 0 Å². The van der Waals surface area contributed by atoms with Gasteiger partial charge in [-0.3, -0.25) is 48.9 Å². The summed E-state index contributed by atoms with van der Waals surface area (Å²) in [5.41, 5.74) is 8.94. The fourth-order valence-electron chi connectivity index (χ4n) is 6.55. The van der Waals surface area contributed by atoms with E-state index in [1.807, 2.05) is 61.5 Å². The van der Waals surface area contributed by atoms with Crippen LogP contribution in [0.25, 0.3) is 11.1 Å². The summed E-state index contributed by atoms with van der Waals surface area (Å²) in [4.78, 5) is 80.9. The molecule has 1 aliphatic heterocycles. The fourth-order valence-corrected chi connectivity index (χ4v) is 6.55. The van der Waals surface area contributed by atoms with Crippen LogP contribution in [0, 0.1) is 0 Å². The number of aliphatic carboxylic acids is 3. The molecule has 2 aromatic rings. The highest BCUT2D eigenvalue weighted by atomic mass is 16.4. The largest absolute Gasteiger partial charge is 0.480 e. The molecule has 0 aromatic heterocycles. The predicted molar refractivity (Wildman–Crippen MR) is 214 cm³/mol. The molecule has 1 unspecified atom stereocenters. The third-order valence-corrected chi connectivity index (χ3v) is 9.82. The lowest BCUT2D eigenvalue weighted by Gasteiger charge is -2.36. The number of aldehydes is 1. The molecule has 2 aromatic carbocycles. The first-order chi connectivity index (χ1) is 27.4. The number of hydrogen-bond acceptors (Lipinski definition) is 12. The molecule has 3 rings (SSSR count). The third kappa shape index (κ3) is 17.9. The Bertz CT molecular complexity index is 1530. The second-order valence-corrected chi connectivity index (χ2v) is 14.3. The molecule has 0 saturated carbocycles. The number of nitrogens with one attached hydrogen (secondary N) is 3.